The van der Waals surface area contributed by atoms with Gasteiger partial charge in [0.1, 0.15) is 47.8 Å². The lowest BCUT2D eigenvalue weighted by atomic mass is 9.81. The number of rotatable bonds is 8. The summed E-state index contributed by atoms with van der Waals surface area (Å²) in [5.74, 6) is -7.51. The minimum Gasteiger partial charge on any atom is -0.342 e. The number of hydrogen-bond acceptors (Lipinski definition) is 12. The molecule has 3 saturated carbocycles. The van der Waals surface area contributed by atoms with Gasteiger partial charge < -0.3 is 60.0 Å². The van der Waals surface area contributed by atoms with Crippen molar-refractivity contribution in [1.82, 2.24) is 60.0 Å². The average Bonchev–Trinajstić information content (AvgIpc) is 1.94. The highest BCUT2D eigenvalue weighted by Crippen LogP contribution is 2.37. The van der Waals surface area contributed by atoms with E-state index in [9.17, 15) is 47.9 Å². The van der Waals surface area contributed by atoms with Crippen LogP contribution in [0.25, 0.3) is 0 Å². The Bertz CT molecular complexity index is 2540. The van der Waals surface area contributed by atoms with Crippen molar-refractivity contribution >= 4 is 70.9 Å². The average molecular weight is 1230 g/mol. The number of fused-ring (bicyclic) bond motifs is 1. The second kappa shape index (κ2) is 32.2. The van der Waals surface area contributed by atoms with Crippen molar-refractivity contribution < 1.29 is 57.5 Å². The van der Waals surface area contributed by atoms with Gasteiger partial charge in [0.05, 0.1) is 26.1 Å². The van der Waals surface area contributed by atoms with E-state index in [0.29, 0.717) is 58.0 Å². The molecule has 0 unspecified atom stereocenters. The van der Waals surface area contributed by atoms with Crippen LogP contribution in [0.2, 0.25) is 0 Å². The molecule has 3 N–H and O–H groups in total. The number of amides is 12. The fourth-order valence-electron chi connectivity index (χ4n) is 14.1. The number of nitrogens with one attached hydrogen (secondary N) is 3. The van der Waals surface area contributed by atoms with Gasteiger partial charge in [0.15, 0.2) is 0 Å². The zero-order valence-electron chi connectivity index (χ0n) is 54.5. The highest BCUT2D eigenvalue weighted by atomic mass is 16.2. The van der Waals surface area contributed by atoms with Gasteiger partial charge in [0, 0.05) is 69.0 Å². The second-order valence-electron chi connectivity index (χ2n) is 26.4. The molecule has 1 spiro atoms. The van der Waals surface area contributed by atoms with Gasteiger partial charge in [-0.05, 0) is 95.3 Å². The van der Waals surface area contributed by atoms with Crippen LogP contribution in [-0.2, 0) is 57.5 Å². The molecule has 0 aromatic heterocycles. The molecule has 8 atom stereocenters. The highest BCUT2D eigenvalue weighted by molar-refractivity contribution is 6.00. The van der Waals surface area contributed by atoms with E-state index in [2.05, 4.69) is 22.5 Å². The Balaban J connectivity index is 1.37. The summed E-state index contributed by atoms with van der Waals surface area (Å²) in [5.41, 5.74) is -1.45. The third-order valence-corrected chi connectivity index (χ3v) is 20.2. The maximum Gasteiger partial charge on any atom is 0.248 e. The third-order valence-electron chi connectivity index (χ3n) is 20.2. The highest BCUT2D eigenvalue weighted by Gasteiger charge is 2.51. The summed E-state index contributed by atoms with van der Waals surface area (Å²) < 4.78 is 0. The van der Waals surface area contributed by atoms with E-state index in [-0.39, 0.29) is 44.1 Å². The molecule has 6 fully saturated rings. The first-order valence-electron chi connectivity index (χ1n) is 32.7. The molecule has 6 aliphatic rings. The summed E-state index contributed by atoms with van der Waals surface area (Å²) in [7, 11) is 10.2. The lowest BCUT2D eigenvalue weighted by Crippen LogP contribution is -2.65. The first-order chi connectivity index (χ1) is 41.8. The van der Waals surface area contributed by atoms with E-state index >= 15 is 9.59 Å². The van der Waals surface area contributed by atoms with Gasteiger partial charge in [-0.3, -0.25) is 57.5 Å². The molecule has 3 heterocycles. The van der Waals surface area contributed by atoms with E-state index in [1.165, 1.54) is 89.6 Å². The number of likely N-dealkylation sites (N-methyl/N-ethyl adjacent to an activating group) is 7. The summed E-state index contributed by atoms with van der Waals surface area (Å²) in [6.07, 6.45) is 14.9. The first-order valence-corrected chi connectivity index (χ1v) is 32.7. The predicted molar refractivity (Wildman–Crippen MR) is 330 cm³/mol. The topological polar surface area (TPSA) is 270 Å². The molecule has 0 bridgehead atoms. The molecule has 3 aliphatic heterocycles. The van der Waals surface area contributed by atoms with E-state index in [1.807, 2.05) is 6.92 Å². The summed E-state index contributed by atoms with van der Waals surface area (Å²) in [6, 6.07) is -7.98. The van der Waals surface area contributed by atoms with Gasteiger partial charge in [-0.1, -0.05) is 90.6 Å². The Kier molecular flexibility index (Phi) is 25.8. The molecule has 0 radical (unpaired) electrons. The zero-order valence-corrected chi connectivity index (χ0v) is 54.5. The minimum absolute atomic E-state index is 0.00741. The predicted octanol–water partition coefficient (Wildman–Crippen LogP) is 2.67. The first kappa shape index (κ1) is 70.5. The van der Waals surface area contributed by atoms with E-state index < -0.39 is 151 Å². The molecule has 3 aliphatic carbocycles. The fourth-order valence-corrected chi connectivity index (χ4v) is 14.1. The number of likely N-dealkylation sites (tertiary alicyclic amines) is 1. The van der Waals surface area contributed by atoms with E-state index in [4.69, 9.17) is 0 Å². The van der Waals surface area contributed by atoms with Gasteiger partial charge in [-0.2, -0.15) is 0 Å². The quantitative estimate of drug-likeness (QED) is 0.296. The molecular weight excluding hydrogens is 1130 g/mol. The van der Waals surface area contributed by atoms with Crippen molar-refractivity contribution in [2.75, 3.05) is 88.6 Å². The lowest BCUT2D eigenvalue weighted by molar-refractivity contribution is -0.157. The van der Waals surface area contributed by atoms with Crippen LogP contribution in [0.15, 0.2) is 12.7 Å². The van der Waals surface area contributed by atoms with Crippen LogP contribution >= 0.6 is 0 Å². The number of piperidine rings is 1. The smallest absolute Gasteiger partial charge is 0.248 e. The Morgan fingerprint density at radius 3 is 1.81 bits per heavy atom. The van der Waals surface area contributed by atoms with Crippen LogP contribution < -0.4 is 16.0 Å². The molecule has 24 heteroatoms. The molecule has 6 rings (SSSR count). The standard InChI is InChI=1S/C64H104N12O12/c1-12-26-46-58(83)76-36-25-31-47(76)57(82)67-64(32-21-22-33-64)63(88)74(11)55(45-29-19-15-20-30-45)62(87)73(10)49(60(85)75-34-23-16-24-35-75)38-51(78)71(8)43(4)56(81)66-54(42(3)13-2)61(86)70(7)40-52(79)68(5)41-53(80)72(9)48(37-44-27-17-14-18-28-44)59(84)69(6)39-50(77)65-46/h12,42-49,54-55H,1,13-41H2,2-11H3,(H,65,77)(H,66,81)(H,67,82)/t42-,43-,46+,47-,48-,49-,54-,55-/m0/s1. The number of carbonyl (C=O) groups excluding carboxylic acids is 12. The molecule has 0 aromatic carbocycles. The number of nitrogens with zero attached hydrogens (tertiary/aromatic N) is 9. The SMILES string of the molecule is C=CC[C@H]1NC(=O)CN(C)C(=O)[C@H](CC2CCCCC2)N(C)C(=O)CN(C)C(=O)CN(C)C(=O)[C@H]([C@@H](C)CC)NC(=O)[C@H](C)N(C)C(=O)C[C@@H](C(=O)N2CCCCC2)N(C)C(=O)[C@H](C2CCCCC2)N(C)C(=O)C2(CCCC2)NC(=O)[C@@H]2CCCN2C1=O. The molecular formula is C64H104N12O12. The van der Waals surface area contributed by atoms with Crippen LogP contribution in [-0.4, -0.2) is 251 Å². The maximum atomic E-state index is 15.6. The van der Waals surface area contributed by atoms with E-state index in [1.54, 1.807) is 18.9 Å². The lowest BCUT2D eigenvalue weighted by Gasteiger charge is -2.43. The van der Waals surface area contributed by atoms with Crippen molar-refractivity contribution in [3.05, 3.63) is 12.7 Å². The largest absolute Gasteiger partial charge is 0.342 e. The Labute approximate surface area is 521 Å². The minimum atomic E-state index is -1.45. The van der Waals surface area contributed by atoms with Crippen molar-refractivity contribution in [3.8, 4) is 0 Å². The van der Waals surface area contributed by atoms with Gasteiger partial charge in [0.25, 0.3) is 0 Å². The molecule has 88 heavy (non-hydrogen) atoms. The second-order valence-corrected chi connectivity index (χ2v) is 26.4. The summed E-state index contributed by atoms with van der Waals surface area (Å²) in [6.45, 7) is 8.54. The molecule has 24 nitrogen and oxygen atoms in total. The van der Waals surface area contributed by atoms with Crippen LogP contribution in [0.5, 0.6) is 0 Å². The van der Waals surface area contributed by atoms with Gasteiger partial charge >= 0.3 is 0 Å². The van der Waals surface area contributed by atoms with Crippen molar-refractivity contribution in [2.45, 2.75) is 216 Å². The van der Waals surface area contributed by atoms with Crippen molar-refractivity contribution in [3.63, 3.8) is 0 Å². The Morgan fingerprint density at radius 2 is 1.19 bits per heavy atom. The van der Waals surface area contributed by atoms with Crippen molar-refractivity contribution in [1.29, 1.82) is 0 Å². The molecule has 12 amide bonds. The monoisotopic (exact) mass is 1230 g/mol. The van der Waals surface area contributed by atoms with Crippen LogP contribution in [0, 0.1) is 17.8 Å². The summed E-state index contributed by atoms with van der Waals surface area (Å²) in [4.78, 5) is 187. The Hall–Kier alpha value is -6.62. The normalized spacial score (nSPS) is 28.7. The number of carbonyl (C=O) groups is 12. The zero-order chi connectivity index (χ0) is 64.7. The fraction of sp³-hybridized carbons (Fsp3) is 0.781. The van der Waals surface area contributed by atoms with Gasteiger partial charge in [0.2, 0.25) is 70.9 Å². The van der Waals surface area contributed by atoms with Crippen LogP contribution in [0.1, 0.15) is 168 Å². The molecule has 492 valence electrons. The van der Waals surface area contributed by atoms with Crippen molar-refractivity contribution in [2.24, 2.45) is 17.8 Å². The molecule has 3 saturated heterocycles. The van der Waals surface area contributed by atoms with Gasteiger partial charge in [-0.15, -0.1) is 6.58 Å². The summed E-state index contributed by atoms with van der Waals surface area (Å²) in [5, 5.41) is 8.73. The maximum absolute atomic E-state index is 15.6. The Morgan fingerprint density at radius 1 is 0.602 bits per heavy atom. The number of hydrogen-bond donors (Lipinski definition) is 3. The van der Waals surface area contributed by atoms with E-state index in [0.717, 1.165) is 75.5 Å². The summed E-state index contributed by atoms with van der Waals surface area (Å²) >= 11 is 0. The van der Waals surface area contributed by atoms with Gasteiger partial charge in [-0.25, -0.2) is 0 Å². The third kappa shape index (κ3) is 17.2. The van der Waals surface area contributed by atoms with Crippen LogP contribution in [0.3, 0.4) is 0 Å². The molecule has 0 aromatic rings. The van der Waals surface area contributed by atoms with Crippen LogP contribution in [0.4, 0.5) is 0 Å².